The minimum Gasteiger partial charge on any atom is -0.405 e. The fraction of sp³-hybridized carbons (Fsp3) is 0.0667. The number of cyclic esters (lactones) is 1. The van der Waals surface area contributed by atoms with Crippen LogP contribution in [-0.2, 0) is 9.53 Å². The second kappa shape index (κ2) is 5.16. The van der Waals surface area contributed by atoms with E-state index in [4.69, 9.17) is 4.74 Å². The van der Waals surface area contributed by atoms with E-state index < -0.39 is 16.9 Å². The van der Waals surface area contributed by atoms with Gasteiger partial charge in [0.05, 0.1) is 4.92 Å². The van der Waals surface area contributed by atoms with Crippen molar-refractivity contribution in [2.45, 2.75) is 6.04 Å². The number of nitro groups is 1. The highest BCUT2D eigenvalue weighted by molar-refractivity contribution is 6.06. The molecule has 104 valence electrons. The van der Waals surface area contributed by atoms with Gasteiger partial charge in [-0.05, 0) is 17.7 Å². The van der Waals surface area contributed by atoms with E-state index in [2.05, 4.69) is 4.99 Å². The van der Waals surface area contributed by atoms with E-state index in [1.165, 1.54) is 24.3 Å². The first-order valence-electron chi connectivity index (χ1n) is 6.24. The van der Waals surface area contributed by atoms with Crippen molar-refractivity contribution in [1.82, 2.24) is 0 Å². The maximum Gasteiger partial charge on any atom is 0.342 e. The van der Waals surface area contributed by atoms with Crippen molar-refractivity contribution in [2.24, 2.45) is 4.99 Å². The summed E-state index contributed by atoms with van der Waals surface area (Å²) in [7, 11) is 0. The van der Waals surface area contributed by atoms with Gasteiger partial charge in [0.1, 0.15) is 0 Å². The molecule has 6 heteroatoms. The average molecular weight is 282 g/mol. The van der Waals surface area contributed by atoms with Gasteiger partial charge in [-0.15, -0.1) is 0 Å². The Bertz CT molecular complexity index is 723. The van der Waals surface area contributed by atoms with E-state index in [9.17, 15) is 14.9 Å². The molecule has 0 aromatic heterocycles. The molecule has 1 atom stereocenters. The van der Waals surface area contributed by atoms with Crippen molar-refractivity contribution in [3.8, 4) is 0 Å². The number of ether oxygens (including phenoxy) is 1. The molecule has 0 amide bonds. The monoisotopic (exact) mass is 282 g/mol. The van der Waals surface area contributed by atoms with Gasteiger partial charge in [0, 0.05) is 17.7 Å². The van der Waals surface area contributed by atoms with E-state index in [1.807, 2.05) is 18.2 Å². The van der Waals surface area contributed by atoms with E-state index >= 15 is 0 Å². The molecular weight excluding hydrogens is 272 g/mol. The minimum absolute atomic E-state index is 0.0247. The van der Waals surface area contributed by atoms with E-state index in [-0.39, 0.29) is 11.6 Å². The SMILES string of the molecule is O=C1OC(c2ccc([N+](=O)[O-])cc2)=N[C@@H]1c1ccccc1. The fourth-order valence-corrected chi connectivity index (χ4v) is 2.05. The Hall–Kier alpha value is -3.02. The first-order chi connectivity index (χ1) is 10.1. The van der Waals surface area contributed by atoms with Gasteiger partial charge < -0.3 is 4.74 Å². The molecule has 0 unspecified atom stereocenters. The van der Waals surface area contributed by atoms with Crippen molar-refractivity contribution in [3.63, 3.8) is 0 Å². The molecule has 6 nitrogen and oxygen atoms in total. The van der Waals surface area contributed by atoms with Crippen molar-refractivity contribution in [3.05, 3.63) is 75.8 Å². The van der Waals surface area contributed by atoms with Crippen molar-refractivity contribution >= 4 is 17.6 Å². The third-order valence-electron chi connectivity index (χ3n) is 3.11. The second-order valence-corrected chi connectivity index (χ2v) is 4.47. The molecular formula is C15H10N2O4. The highest BCUT2D eigenvalue weighted by Crippen LogP contribution is 2.26. The molecule has 0 fully saturated rings. The maximum absolute atomic E-state index is 11.9. The van der Waals surface area contributed by atoms with Gasteiger partial charge in [-0.3, -0.25) is 10.1 Å². The van der Waals surface area contributed by atoms with Crippen LogP contribution in [0.3, 0.4) is 0 Å². The molecule has 0 radical (unpaired) electrons. The number of benzene rings is 2. The van der Waals surface area contributed by atoms with Crippen LogP contribution in [-0.4, -0.2) is 16.8 Å². The van der Waals surface area contributed by atoms with E-state index in [0.717, 1.165) is 5.56 Å². The normalized spacial score (nSPS) is 17.2. The average Bonchev–Trinajstić information content (AvgIpc) is 2.90. The molecule has 0 N–H and O–H groups in total. The molecule has 0 saturated heterocycles. The van der Waals surface area contributed by atoms with Crippen molar-refractivity contribution in [2.75, 3.05) is 0 Å². The number of carbonyl (C=O) groups is 1. The molecule has 1 aliphatic rings. The molecule has 3 rings (SSSR count). The Morgan fingerprint density at radius 1 is 1.05 bits per heavy atom. The van der Waals surface area contributed by atoms with Crippen molar-refractivity contribution in [1.29, 1.82) is 0 Å². The predicted octanol–water partition coefficient (Wildman–Crippen LogP) is 2.64. The van der Waals surface area contributed by atoms with E-state index in [1.54, 1.807) is 12.1 Å². The number of aliphatic imine (C=N–C) groups is 1. The number of nitrogens with zero attached hydrogens (tertiary/aromatic N) is 2. The lowest BCUT2D eigenvalue weighted by Crippen LogP contribution is -2.08. The molecule has 0 spiro atoms. The highest BCUT2D eigenvalue weighted by atomic mass is 16.6. The Kier molecular flexibility index (Phi) is 3.19. The van der Waals surface area contributed by atoms with Gasteiger partial charge in [-0.1, -0.05) is 30.3 Å². The second-order valence-electron chi connectivity index (χ2n) is 4.47. The lowest BCUT2D eigenvalue weighted by Gasteiger charge is -2.01. The zero-order valence-corrected chi connectivity index (χ0v) is 10.8. The molecule has 21 heavy (non-hydrogen) atoms. The fourth-order valence-electron chi connectivity index (χ4n) is 2.05. The van der Waals surface area contributed by atoms with Crippen LogP contribution in [0.15, 0.2) is 59.6 Å². The molecule has 0 aliphatic carbocycles. The van der Waals surface area contributed by atoms with Gasteiger partial charge >= 0.3 is 5.97 Å². The van der Waals surface area contributed by atoms with Gasteiger partial charge in [-0.2, -0.15) is 0 Å². The van der Waals surface area contributed by atoms with Crippen LogP contribution in [0.4, 0.5) is 5.69 Å². The zero-order chi connectivity index (χ0) is 14.8. The summed E-state index contributed by atoms with van der Waals surface area (Å²) < 4.78 is 5.16. The molecule has 1 aliphatic heterocycles. The van der Waals surface area contributed by atoms with Crippen LogP contribution >= 0.6 is 0 Å². The Balaban J connectivity index is 1.90. The maximum atomic E-state index is 11.9. The summed E-state index contributed by atoms with van der Waals surface area (Å²) in [4.78, 5) is 26.3. The number of rotatable bonds is 3. The first-order valence-corrected chi connectivity index (χ1v) is 6.24. The summed E-state index contributed by atoms with van der Waals surface area (Å²) >= 11 is 0. The Labute approximate surface area is 119 Å². The number of hydrogen-bond donors (Lipinski definition) is 0. The van der Waals surface area contributed by atoms with Gasteiger partial charge in [0.25, 0.3) is 5.69 Å². The molecule has 1 heterocycles. The summed E-state index contributed by atoms with van der Waals surface area (Å²) in [6.07, 6.45) is 0. The topological polar surface area (TPSA) is 81.8 Å². The third-order valence-corrected chi connectivity index (χ3v) is 3.11. The number of nitro benzene ring substituents is 1. The lowest BCUT2D eigenvalue weighted by molar-refractivity contribution is -0.384. The first kappa shape index (κ1) is 13.0. The predicted molar refractivity (Wildman–Crippen MR) is 74.9 cm³/mol. The number of non-ortho nitro benzene ring substituents is 1. The third kappa shape index (κ3) is 2.51. The summed E-state index contributed by atoms with van der Waals surface area (Å²) in [5.41, 5.74) is 1.26. The summed E-state index contributed by atoms with van der Waals surface area (Å²) in [5.74, 6) is -0.265. The number of esters is 1. The van der Waals surface area contributed by atoms with Crippen LogP contribution in [0.1, 0.15) is 17.2 Å². The molecule has 0 saturated carbocycles. The smallest absolute Gasteiger partial charge is 0.342 e. The molecule has 2 aromatic rings. The van der Waals surface area contributed by atoms with Crippen LogP contribution < -0.4 is 0 Å². The van der Waals surface area contributed by atoms with Gasteiger partial charge in [-0.25, -0.2) is 9.79 Å². The molecule has 2 aromatic carbocycles. The quantitative estimate of drug-likeness (QED) is 0.492. The standard InChI is InChI=1S/C15H10N2O4/c18-15-13(10-4-2-1-3-5-10)16-14(21-15)11-6-8-12(9-7-11)17(19)20/h1-9,13H/t13-/m1/s1. The van der Waals surface area contributed by atoms with Gasteiger partial charge in [0.2, 0.25) is 5.90 Å². The van der Waals surface area contributed by atoms with Crippen molar-refractivity contribution < 1.29 is 14.5 Å². The van der Waals surface area contributed by atoms with Crippen LogP contribution in [0.25, 0.3) is 0 Å². The van der Waals surface area contributed by atoms with Gasteiger partial charge in [0.15, 0.2) is 6.04 Å². The van der Waals surface area contributed by atoms with Crippen LogP contribution in [0.5, 0.6) is 0 Å². The number of carbonyl (C=O) groups excluding carboxylic acids is 1. The highest BCUT2D eigenvalue weighted by Gasteiger charge is 2.31. The number of hydrogen-bond acceptors (Lipinski definition) is 5. The van der Waals surface area contributed by atoms with E-state index in [0.29, 0.717) is 5.56 Å². The Morgan fingerprint density at radius 3 is 2.33 bits per heavy atom. The Morgan fingerprint density at radius 2 is 1.71 bits per heavy atom. The van der Waals surface area contributed by atoms with Crippen LogP contribution in [0, 0.1) is 10.1 Å². The summed E-state index contributed by atoms with van der Waals surface area (Å²) in [6.45, 7) is 0. The minimum atomic E-state index is -0.684. The summed E-state index contributed by atoms with van der Waals surface area (Å²) in [6, 6.07) is 14.1. The zero-order valence-electron chi connectivity index (χ0n) is 10.8. The van der Waals surface area contributed by atoms with Crippen LogP contribution in [0.2, 0.25) is 0 Å². The molecule has 0 bridgehead atoms. The lowest BCUT2D eigenvalue weighted by atomic mass is 10.1. The summed E-state index contributed by atoms with van der Waals surface area (Å²) in [5, 5.41) is 10.6. The largest absolute Gasteiger partial charge is 0.405 e.